The van der Waals surface area contributed by atoms with Gasteiger partial charge in [0, 0.05) is 37.3 Å². The number of carbonyl (C=O) groups excluding carboxylic acids is 1. The van der Waals surface area contributed by atoms with E-state index >= 15 is 0 Å². The van der Waals surface area contributed by atoms with Crippen molar-refractivity contribution in [3.8, 4) is 11.1 Å². The Hall–Kier alpha value is -2.22. The first-order valence-corrected chi connectivity index (χ1v) is 10.8. The van der Waals surface area contributed by atoms with Crippen LogP contribution in [0.4, 0.5) is 0 Å². The number of nitrogens with zero attached hydrogens (tertiary/aromatic N) is 1. The smallest absolute Gasteiger partial charge is 0.251 e. The van der Waals surface area contributed by atoms with Crippen LogP contribution in [0, 0.1) is 0 Å². The van der Waals surface area contributed by atoms with Gasteiger partial charge in [-0.2, -0.15) is 4.31 Å². The Morgan fingerprint density at radius 2 is 1.64 bits per heavy atom. The summed E-state index contributed by atoms with van der Waals surface area (Å²) in [5, 5.41) is 6.11. The fraction of sp³-hybridized carbons (Fsp3) is 0.381. The Morgan fingerprint density at radius 1 is 1.00 bits per heavy atom. The average molecular weight is 402 g/mol. The molecule has 0 spiro atoms. The van der Waals surface area contributed by atoms with Gasteiger partial charge in [-0.25, -0.2) is 8.42 Å². The minimum atomic E-state index is -3.47. The van der Waals surface area contributed by atoms with E-state index in [2.05, 4.69) is 10.6 Å². The van der Waals surface area contributed by atoms with Crippen LogP contribution in [0.15, 0.2) is 53.4 Å². The quantitative estimate of drug-likeness (QED) is 0.825. The van der Waals surface area contributed by atoms with Crippen LogP contribution in [0.3, 0.4) is 0 Å². The number of benzene rings is 2. The van der Waals surface area contributed by atoms with E-state index in [4.69, 9.17) is 0 Å². The minimum absolute atomic E-state index is 0.132. The van der Waals surface area contributed by atoms with Crippen LogP contribution in [0.2, 0.25) is 0 Å². The van der Waals surface area contributed by atoms with Crippen molar-refractivity contribution < 1.29 is 13.2 Å². The number of piperazine rings is 1. The van der Waals surface area contributed by atoms with Crippen LogP contribution >= 0.6 is 0 Å². The molecule has 1 amide bonds. The maximum atomic E-state index is 12.8. The van der Waals surface area contributed by atoms with Gasteiger partial charge in [0.2, 0.25) is 10.0 Å². The molecule has 1 saturated heterocycles. The molecule has 1 aliphatic rings. The molecule has 3 rings (SSSR count). The zero-order chi connectivity index (χ0) is 20.4. The topological polar surface area (TPSA) is 78.5 Å². The van der Waals surface area contributed by atoms with E-state index in [-0.39, 0.29) is 11.4 Å². The first kappa shape index (κ1) is 20.5. The summed E-state index contributed by atoms with van der Waals surface area (Å²) >= 11 is 0. The van der Waals surface area contributed by atoms with Gasteiger partial charge in [0.05, 0.1) is 4.90 Å². The van der Waals surface area contributed by atoms with Crippen LogP contribution in [-0.2, 0) is 10.0 Å². The largest absolute Gasteiger partial charge is 0.347 e. The molecule has 0 aliphatic carbocycles. The van der Waals surface area contributed by atoms with Crippen LogP contribution in [-0.4, -0.2) is 50.3 Å². The number of nitrogens with one attached hydrogen (secondary N) is 2. The van der Waals surface area contributed by atoms with Crippen molar-refractivity contribution in [2.24, 2.45) is 0 Å². The number of hydrogen-bond acceptors (Lipinski definition) is 4. The fourth-order valence-electron chi connectivity index (χ4n) is 3.11. The van der Waals surface area contributed by atoms with Gasteiger partial charge < -0.3 is 10.6 Å². The number of rotatable bonds is 4. The minimum Gasteiger partial charge on any atom is -0.347 e. The summed E-state index contributed by atoms with van der Waals surface area (Å²) in [6.07, 6.45) is 0. The maximum absolute atomic E-state index is 12.8. The molecular weight excluding hydrogens is 374 g/mol. The standard InChI is InChI=1S/C21H27N3O3S/c1-21(2,3)23-20(25)18-6-4-5-17(15-18)16-7-9-19(10-8-16)28(26,27)24-13-11-22-12-14-24/h4-10,15,22H,11-14H2,1-3H3,(H,23,25). The Kier molecular flexibility index (Phi) is 5.88. The Balaban J connectivity index is 1.82. The van der Waals surface area contributed by atoms with Crippen LogP contribution in [0.25, 0.3) is 11.1 Å². The molecule has 28 heavy (non-hydrogen) atoms. The fourth-order valence-corrected chi connectivity index (χ4v) is 4.55. The van der Waals surface area contributed by atoms with Gasteiger partial charge in [0.15, 0.2) is 0 Å². The second-order valence-corrected chi connectivity index (χ2v) is 9.90. The van der Waals surface area contributed by atoms with Crippen molar-refractivity contribution in [3.63, 3.8) is 0 Å². The van der Waals surface area contributed by atoms with Gasteiger partial charge in [-0.3, -0.25) is 4.79 Å². The second-order valence-electron chi connectivity index (χ2n) is 7.96. The normalized spacial score (nSPS) is 16.0. The molecular formula is C21H27N3O3S. The SMILES string of the molecule is CC(C)(C)NC(=O)c1cccc(-c2ccc(S(=O)(=O)N3CCNCC3)cc2)c1. The van der Waals surface area contributed by atoms with Crippen molar-refractivity contribution in [2.45, 2.75) is 31.2 Å². The third kappa shape index (κ3) is 4.79. The third-order valence-corrected chi connectivity index (χ3v) is 6.43. The highest BCUT2D eigenvalue weighted by Crippen LogP contribution is 2.24. The van der Waals surface area contributed by atoms with E-state index in [0.717, 1.165) is 11.1 Å². The molecule has 1 heterocycles. The lowest BCUT2D eigenvalue weighted by Crippen LogP contribution is -2.46. The molecule has 2 N–H and O–H groups in total. The van der Waals surface area contributed by atoms with E-state index in [1.54, 1.807) is 30.3 Å². The van der Waals surface area contributed by atoms with Crippen LogP contribution in [0.1, 0.15) is 31.1 Å². The van der Waals surface area contributed by atoms with E-state index in [1.807, 2.05) is 39.0 Å². The van der Waals surface area contributed by atoms with Gasteiger partial charge in [-0.1, -0.05) is 24.3 Å². The van der Waals surface area contributed by atoms with E-state index in [1.165, 1.54) is 4.31 Å². The summed E-state index contributed by atoms with van der Waals surface area (Å²) in [6, 6.07) is 14.2. The van der Waals surface area contributed by atoms with Gasteiger partial charge >= 0.3 is 0 Å². The zero-order valence-corrected chi connectivity index (χ0v) is 17.3. The first-order valence-electron chi connectivity index (χ1n) is 9.41. The predicted octanol–water partition coefficient (Wildman–Crippen LogP) is 2.48. The molecule has 0 aromatic heterocycles. The zero-order valence-electron chi connectivity index (χ0n) is 16.5. The van der Waals surface area contributed by atoms with Crippen molar-refractivity contribution in [1.29, 1.82) is 0 Å². The molecule has 1 fully saturated rings. The summed E-state index contributed by atoms with van der Waals surface area (Å²) in [4.78, 5) is 12.7. The average Bonchev–Trinajstić information content (AvgIpc) is 2.67. The summed E-state index contributed by atoms with van der Waals surface area (Å²) < 4.78 is 27.0. The molecule has 0 unspecified atom stereocenters. The van der Waals surface area contributed by atoms with E-state index in [0.29, 0.717) is 36.6 Å². The lowest BCUT2D eigenvalue weighted by molar-refractivity contribution is 0.0919. The van der Waals surface area contributed by atoms with Gasteiger partial charge in [0.1, 0.15) is 0 Å². The van der Waals surface area contributed by atoms with Crippen molar-refractivity contribution in [3.05, 3.63) is 54.1 Å². The Bertz CT molecular complexity index is 942. The monoisotopic (exact) mass is 401 g/mol. The molecule has 0 bridgehead atoms. The highest BCUT2D eigenvalue weighted by molar-refractivity contribution is 7.89. The van der Waals surface area contributed by atoms with Crippen molar-refractivity contribution in [1.82, 2.24) is 14.9 Å². The Morgan fingerprint density at radius 3 is 2.25 bits per heavy atom. The number of carbonyl (C=O) groups is 1. The molecule has 0 atom stereocenters. The highest BCUT2D eigenvalue weighted by atomic mass is 32.2. The first-order chi connectivity index (χ1) is 13.2. The molecule has 0 radical (unpaired) electrons. The van der Waals surface area contributed by atoms with Gasteiger partial charge in [-0.15, -0.1) is 0 Å². The van der Waals surface area contributed by atoms with E-state index < -0.39 is 10.0 Å². The molecule has 150 valence electrons. The highest BCUT2D eigenvalue weighted by Gasteiger charge is 2.25. The Labute approximate surface area is 167 Å². The molecule has 0 saturated carbocycles. The molecule has 1 aliphatic heterocycles. The summed E-state index contributed by atoms with van der Waals surface area (Å²) in [5.74, 6) is -0.132. The van der Waals surface area contributed by atoms with Crippen LogP contribution < -0.4 is 10.6 Å². The van der Waals surface area contributed by atoms with Crippen molar-refractivity contribution in [2.75, 3.05) is 26.2 Å². The molecule has 2 aromatic rings. The number of amides is 1. The maximum Gasteiger partial charge on any atom is 0.251 e. The summed E-state index contributed by atoms with van der Waals surface area (Å²) in [7, 11) is -3.47. The third-order valence-electron chi connectivity index (χ3n) is 4.51. The molecule has 2 aromatic carbocycles. The van der Waals surface area contributed by atoms with E-state index in [9.17, 15) is 13.2 Å². The van der Waals surface area contributed by atoms with Gasteiger partial charge in [-0.05, 0) is 56.2 Å². The summed E-state index contributed by atoms with van der Waals surface area (Å²) in [6.45, 7) is 8.11. The second kappa shape index (κ2) is 8.03. The lowest BCUT2D eigenvalue weighted by atomic mass is 10.0. The molecule has 7 heteroatoms. The predicted molar refractivity (Wildman–Crippen MR) is 111 cm³/mol. The number of sulfonamides is 1. The lowest BCUT2D eigenvalue weighted by Gasteiger charge is -2.26. The van der Waals surface area contributed by atoms with Crippen LogP contribution in [0.5, 0.6) is 0 Å². The van der Waals surface area contributed by atoms with Crippen molar-refractivity contribution >= 4 is 15.9 Å². The van der Waals surface area contributed by atoms with Gasteiger partial charge in [0.25, 0.3) is 5.91 Å². The summed E-state index contributed by atoms with van der Waals surface area (Å²) in [5.41, 5.74) is 2.00. The number of hydrogen-bond donors (Lipinski definition) is 2. The molecule has 6 nitrogen and oxygen atoms in total.